The van der Waals surface area contributed by atoms with Gasteiger partial charge in [-0.3, -0.25) is 19.3 Å². The molecule has 0 atom stereocenters. The fourth-order valence-electron chi connectivity index (χ4n) is 3.40. The van der Waals surface area contributed by atoms with E-state index in [1.165, 1.54) is 54.3 Å². The van der Waals surface area contributed by atoms with Gasteiger partial charge in [0.25, 0.3) is 11.1 Å². The lowest BCUT2D eigenvalue weighted by molar-refractivity contribution is -0.123. The van der Waals surface area contributed by atoms with Crippen LogP contribution in [-0.2, 0) is 26.3 Å². The van der Waals surface area contributed by atoms with Gasteiger partial charge < -0.3 is 9.50 Å². The molecular weight excluding hydrogens is 500 g/mol. The van der Waals surface area contributed by atoms with Gasteiger partial charge in [-0.25, -0.2) is 0 Å². The summed E-state index contributed by atoms with van der Waals surface area (Å²) in [4.78, 5) is 37.8. The first kappa shape index (κ1) is 25.2. The first-order valence-electron chi connectivity index (χ1n) is 10.8. The third-order valence-corrected chi connectivity index (χ3v) is 7.33. The zero-order valence-corrected chi connectivity index (χ0v) is 21.1. The number of benzene rings is 3. The SMILES string of the molecule is CC(=O)Nc1ccc(S(=O)(=O)Oc2cccc(/C=C3\SC(=O)N(Cc4ccc(C)cc4)C3=O)c2)cc1. The Labute approximate surface area is 213 Å². The third kappa shape index (κ3) is 6.02. The van der Waals surface area contributed by atoms with Crippen molar-refractivity contribution < 1.29 is 27.0 Å². The van der Waals surface area contributed by atoms with E-state index in [1.54, 1.807) is 12.1 Å². The van der Waals surface area contributed by atoms with Crippen molar-refractivity contribution in [2.45, 2.75) is 25.3 Å². The standard InChI is InChI=1S/C26H22N2O6S2/c1-17-6-8-19(9-7-17)16-28-25(30)24(35-26(28)31)15-20-4-3-5-22(14-20)34-36(32,33)23-12-10-21(11-13-23)27-18(2)29/h3-15H,16H2,1-2H3,(H,27,29)/b24-15-. The number of thioether (sulfide) groups is 1. The lowest BCUT2D eigenvalue weighted by Crippen LogP contribution is -2.27. The maximum absolute atomic E-state index is 12.8. The third-order valence-electron chi connectivity index (χ3n) is 5.16. The molecule has 3 aromatic rings. The second-order valence-corrected chi connectivity index (χ2v) is 10.6. The molecule has 36 heavy (non-hydrogen) atoms. The zero-order valence-electron chi connectivity index (χ0n) is 19.4. The number of carbonyl (C=O) groups excluding carboxylic acids is 3. The van der Waals surface area contributed by atoms with Crippen molar-refractivity contribution in [1.29, 1.82) is 0 Å². The van der Waals surface area contributed by atoms with Gasteiger partial charge in [0.2, 0.25) is 5.91 Å². The molecule has 8 nitrogen and oxygen atoms in total. The van der Waals surface area contributed by atoms with Gasteiger partial charge in [0.1, 0.15) is 10.6 Å². The number of anilines is 1. The van der Waals surface area contributed by atoms with Gasteiger partial charge in [-0.1, -0.05) is 42.0 Å². The Morgan fingerprint density at radius 3 is 2.39 bits per heavy atom. The van der Waals surface area contributed by atoms with Crippen molar-refractivity contribution in [3.63, 3.8) is 0 Å². The number of nitrogens with one attached hydrogen (secondary N) is 1. The summed E-state index contributed by atoms with van der Waals surface area (Å²) in [5.41, 5.74) is 2.89. The zero-order chi connectivity index (χ0) is 25.9. The Hall–Kier alpha value is -3.89. The molecule has 4 rings (SSSR count). The highest BCUT2D eigenvalue weighted by atomic mass is 32.2. The highest BCUT2D eigenvalue weighted by Gasteiger charge is 2.35. The van der Waals surface area contributed by atoms with E-state index in [2.05, 4.69) is 5.32 Å². The monoisotopic (exact) mass is 522 g/mol. The largest absolute Gasteiger partial charge is 0.379 e. The second kappa shape index (κ2) is 10.4. The van der Waals surface area contributed by atoms with Crippen LogP contribution in [-0.4, -0.2) is 30.4 Å². The minimum Gasteiger partial charge on any atom is -0.379 e. The van der Waals surface area contributed by atoms with Crippen LogP contribution < -0.4 is 9.50 Å². The molecule has 3 amide bonds. The summed E-state index contributed by atoms with van der Waals surface area (Å²) in [6, 6.07) is 19.4. The molecule has 1 heterocycles. The number of nitrogens with zero attached hydrogens (tertiary/aromatic N) is 1. The van der Waals surface area contributed by atoms with Gasteiger partial charge in [0.05, 0.1) is 11.4 Å². The summed E-state index contributed by atoms with van der Waals surface area (Å²) in [5.74, 6) is -0.635. The average Bonchev–Trinajstić information content (AvgIpc) is 3.07. The van der Waals surface area contributed by atoms with Crippen molar-refractivity contribution in [3.8, 4) is 5.75 Å². The Morgan fingerprint density at radius 2 is 1.72 bits per heavy atom. The molecule has 0 aromatic heterocycles. The molecule has 1 N–H and O–H groups in total. The van der Waals surface area contributed by atoms with Gasteiger partial charge in [-0.05, 0) is 72.3 Å². The fraction of sp³-hybridized carbons (Fsp3) is 0.115. The van der Waals surface area contributed by atoms with E-state index in [0.717, 1.165) is 22.9 Å². The second-order valence-electron chi connectivity index (χ2n) is 8.07. The van der Waals surface area contributed by atoms with Crippen molar-refractivity contribution in [3.05, 3.63) is 94.4 Å². The number of hydrogen-bond donors (Lipinski definition) is 1. The van der Waals surface area contributed by atoms with Gasteiger partial charge in [0.15, 0.2) is 0 Å². The van der Waals surface area contributed by atoms with E-state index in [4.69, 9.17) is 4.18 Å². The van der Waals surface area contributed by atoms with Crippen LogP contribution in [0.25, 0.3) is 6.08 Å². The summed E-state index contributed by atoms with van der Waals surface area (Å²) >= 11 is 0.830. The Balaban J connectivity index is 1.49. The highest BCUT2D eigenvalue weighted by molar-refractivity contribution is 8.18. The van der Waals surface area contributed by atoms with Crippen LogP contribution in [0, 0.1) is 6.92 Å². The van der Waals surface area contributed by atoms with Crippen LogP contribution in [0.15, 0.2) is 82.6 Å². The number of aryl methyl sites for hydroxylation is 1. The van der Waals surface area contributed by atoms with Gasteiger partial charge in [-0.2, -0.15) is 8.42 Å². The maximum Gasteiger partial charge on any atom is 0.339 e. The van der Waals surface area contributed by atoms with Crippen molar-refractivity contribution in [2.24, 2.45) is 0 Å². The summed E-state index contributed by atoms with van der Waals surface area (Å²) < 4.78 is 30.6. The first-order valence-corrected chi connectivity index (χ1v) is 13.1. The number of amides is 3. The van der Waals surface area contributed by atoms with Crippen molar-refractivity contribution in [1.82, 2.24) is 4.90 Å². The van der Waals surface area contributed by atoms with Crippen molar-refractivity contribution >= 4 is 50.7 Å². The lowest BCUT2D eigenvalue weighted by atomic mass is 10.1. The van der Waals surface area contributed by atoms with Gasteiger partial charge >= 0.3 is 10.1 Å². The Morgan fingerprint density at radius 1 is 1.03 bits per heavy atom. The lowest BCUT2D eigenvalue weighted by Gasteiger charge is -2.12. The Kier molecular flexibility index (Phi) is 7.27. The van der Waals surface area contributed by atoms with Crippen molar-refractivity contribution in [2.75, 3.05) is 5.32 Å². The molecule has 0 saturated carbocycles. The molecule has 1 saturated heterocycles. The molecule has 184 valence electrons. The van der Waals surface area contributed by atoms with Crippen LogP contribution in [0.2, 0.25) is 0 Å². The smallest absolute Gasteiger partial charge is 0.339 e. The molecule has 0 spiro atoms. The fourth-order valence-corrected chi connectivity index (χ4v) is 5.16. The van der Waals surface area contributed by atoms with Gasteiger partial charge in [-0.15, -0.1) is 0 Å². The van der Waals surface area contributed by atoms with E-state index in [-0.39, 0.29) is 33.2 Å². The first-order chi connectivity index (χ1) is 17.1. The molecule has 1 aliphatic rings. The predicted octanol–water partition coefficient (Wildman–Crippen LogP) is 4.96. The normalized spacial score (nSPS) is 14.8. The Bertz CT molecular complexity index is 1460. The van der Waals surface area contributed by atoms with E-state index < -0.39 is 16.0 Å². The molecule has 0 bridgehead atoms. The quantitative estimate of drug-likeness (QED) is 0.345. The molecule has 0 aliphatic carbocycles. The number of carbonyl (C=O) groups is 3. The van der Waals surface area contributed by atoms with Gasteiger partial charge in [0, 0.05) is 12.6 Å². The minimum atomic E-state index is -4.14. The molecule has 1 aliphatic heterocycles. The van der Waals surface area contributed by atoms with Crippen LogP contribution >= 0.6 is 11.8 Å². The van der Waals surface area contributed by atoms with Crippen LogP contribution in [0.5, 0.6) is 5.75 Å². The van der Waals surface area contributed by atoms with Crippen LogP contribution in [0.1, 0.15) is 23.6 Å². The average molecular weight is 523 g/mol. The predicted molar refractivity (Wildman–Crippen MR) is 138 cm³/mol. The summed E-state index contributed by atoms with van der Waals surface area (Å²) in [7, 11) is -4.14. The summed E-state index contributed by atoms with van der Waals surface area (Å²) in [6.45, 7) is 3.48. The number of imide groups is 1. The van der Waals surface area contributed by atoms with E-state index in [0.29, 0.717) is 11.3 Å². The number of hydrogen-bond acceptors (Lipinski definition) is 7. The molecule has 10 heteroatoms. The van der Waals surface area contributed by atoms with E-state index >= 15 is 0 Å². The molecular formula is C26H22N2O6S2. The number of rotatable bonds is 7. The minimum absolute atomic E-state index is 0.0496. The maximum atomic E-state index is 12.8. The topological polar surface area (TPSA) is 110 Å². The van der Waals surface area contributed by atoms with E-state index in [9.17, 15) is 22.8 Å². The molecule has 3 aromatic carbocycles. The summed E-state index contributed by atoms with van der Waals surface area (Å²) in [5, 5.41) is 2.19. The highest BCUT2D eigenvalue weighted by Crippen LogP contribution is 2.34. The molecule has 0 radical (unpaired) electrons. The van der Waals surface area contributed by atoms with Crippen LogP contribution in [0.4, 0.5) is 10.5 Å². The summed E-state index contributed by atoms with van der Waals surface area (Å²) in [6.07, 6.45) is 1.53. The molecule has 1 fully saturated rings. The van der Waals surface area contributed by atoms with Crippen LogP contribution in [0.3, 0.4) is 0 Å². The van der Waals surface area contributed by atoms with E-state index in [1.807, 2.05) is 31.2 Å². The molecule has 0 unspecified atom stereocenters.